The number of amides is 1. The lowest BCUT2D eigenvalue weighted by atomic mass is 9.97. The standard InChI is InChI=1S/C26H30N2O2/c1-3-4-7-16-25(29)27-28(23-14-10-6-11-15-23)26(21-12-8-5-9-13-21)22-17-19-24(30-2)20-18-22/h5-6,8-15,17-20,26H,3-4,7,16H2,1-2H3,(H,27,29). The molecule has 3 aromatic carbocycles. The molecule has 0 heterocycles. The third kappa shape index (κ3) is 5.63. The molecule has 0 saturated carbocycles. The average Bonchev–Trinajstić information content (AvgIpc) is 2.80. The van der Waals surface area contributed by atoms with Crippen molar-refractivity contribution in [2.24, 2.45) is 0 Å². The zero-order chi connectivity index (χ0) is 21.2. The summed E-state index contributed by atoms with van der Waals surface area (Å²) in [5.74, 6) is 0.835. The van der Waals surface area contributed by atoms with Crippen LogP contribution in [-0.4, -0.2) is 13.0 Å². The Balaban J connectivity index is 2.00. The van der Waals surface area contributed by atoms with Gasteiger partial charge in [-0.05, 0) is 41.8 Å². The maximum atomic E-state index is 12.8. The molecule has 0 aromatic heterocycles. The van der Waals surface area contributed by atoms with Crippen molar-refractivity contribution in [3.8, 4) is 5.75 Å². The molecule has 1 N–H and O–H groups in total. The monoisotopic (exact) mass is 402 g/mol. The Morgan fingerprint density at radius 1 is 0.867 bits per heavy atom. The highest BCUT2D eigenvalue weighted by molar-refractivity contribution is 5.78. The first-order chi connectivity index (χ1) is 14.7. The van der Waals surface area contributed by atoms with Crippen LogP contribution in [0.1, 0.15) is 49.8 Å². The van der Waals surface area contributed by atoms with Crippen molar-refractivity contribution in [1.82, 2.24) is 5.43 Å². The summed E-state index contributed by atoms with van der Waals surface area (Å²) in [4.78, 5) is 12.8. The lowest BCUT2D eigenvalue weighted by Crippen LogP contribution is -2.45. The molecule has 0 spiro atoms. The van der Waals surface area contributed by atoms with E-state index in [1.54, 1.807) is 7.11 Å². The van der Waals surface area contributed by atoms with Crippen LogP contribution in [0.15, 0.2) is 84.9 Å². The molecule has 0 aliphatic heterocycles. The average molecular weight is 403 g/mol. The summed E-state index contributed by atoms with van der Waals surface area (Å²) in [5, 5.41) is 1.98. The van der Waals surface area contributed by atoms with Crippen LogP contribution >= 0.6 is 0 Å². The zero-order valence-corrected chi connectivity index (χ0v) is 17.8. The van der Waals surface area contributed by atoms with Gasteiger partial charge < -0.3 is 4.74 Å². The van der Waals surface area contributed by atoms with Gasteiger partial charge in [-0.2, -0.15) is 0 Å². The van der Waals surface area contributed by atoms with E-state index in [1.807, 2.05) is 65.7 Å². The fourth-order valence-electron chi connectivity index (χ4n) is 3.50. The van der Waals surface area contributed by atoms with Crippen molar-refractivity contribution in [2.45, 2.75) is 38.6 Å². The van der Waals surface area contributed by atoms with Gasteiger partial charge in [-0.25, -0.2) is 0 Å². The fourth-order valence-corrected chi connectivity index (χ4v) is 3.50. The Morgan fingerprint density at radius 2 is 1.47 bits per heavy atom. The number of anilines is 1. The first-order valence-corrected chi connectivity index (χ1v) is 10.6. The molecule has 4 heteroatoms. The zero-order valence-electron chi connectivity index (χ0n) is 17.8. The normalized spacial score (nSPS) is 11.5. The number of para-hydroxylation sites is 1. The minimum Gasteiger partial charge on any atom is -0.497 e. The van der Waals surface area contributed by atoms with Gasteiger partial charge in [-0.1, -0.05) is 80.4 Å². The highest BCUT2D eigenvalue weighted by atomic mass is 16.5. The van der Waals surface area contributed by atoms with Crippen molar-refractivity contribution in [1.29, 1.82) is 0 Å². The van der Waals surface area contributed by atoms with E-state index in [-0.39, 0.29) is 11.9 Å². The number of methoxy groups -OCH3 is 1. The summed E-state index contributed by atoms with van der Waals surface area (Å²) in [6, 6.07) is 28.1. The lowest BCUT2D eigenvalue weighted by Gasteiger charge is -2.34. The van der Waals surface area contributed by atoms with E-state index in [4.69, 9.17) is 4.74 Å². The van der Waals surface area contributed by atoms with Crippen LogP contribution in [0.2, 0.25) is 0 Å². The van der Waals surface area contributed by atoms with Crippen molar-refractivity contribution in [3.63, 3.8) is 0 Å². The summed E-state index contributed by atoms with van der Waals surface area (Å²) in [5.41, 5.74) is 6.28. The Bertz CT molecular complexity index is 895. The molecule has 3 aromatic rings. The predicted molar refractivity (Wildman–Crippen MR) is 122 cm³/mol. The molecule has 1 unspecified atom stereocenters. The van der Waals surface area contributed by atoms with E-state index in [0.29, 0.717) is 6.42 Å². The Hall–Kier alpha value is -3.27. The number of benzene rings is 3. The second-order valence-electron chi connectivity index (χ2n) is 7.28. The maximum absolute atomic E-state index is 12.8. The molecule has 0 saturated heterocycles. The first-order valence-electron chi connectivity index (χ1n) is 10.6. The van der Waals surface area contributed by atoms with Crippen molar-refractivity contribution >= 4 is 11.6 Å². The van der Waals surface area contributed by atoms with E-state index < -0.39 is 0 Å². The van der Waals surface area contributed by atoms with Crippen LogP contribution < -0.4 is 15.2 Å². The second-order valence-corrected chi connectivity index (χ2v) is 7.28. The molecule has 3 rings (SSSR count). The summed E-state index contributed by atoms with van der Waals surface area (Å²) in [6.45, 7) is 2.14. The van der Waals surface area contributed by atoms with Gasteiger partial charge in [-0.15, -0.1) is 0 Å². The number of carbonyl (C=O) groups excluding carboxylic acids is 1. The molecular formula is C26H30N2O2. The molecule has 0 bridgehead atoms. The minimum atomic E-state index is -0.172. The third-order valence-corrected chi connectivity index (χ3v) is 5.09. The summed E-state index contributed by atoms with van der Waals surface area (Å²) in [7, 11) is 1.66. The van der Waals surface area contributed by atoms with Gasteiger partial charge in [0, 0.05) is 6.42 Å². The van der Waals surface area contributed by atoms with Gasteiger partial charge >= 0.3 is 0 Å². The van der Waals surface area contributed by atoms with E-state index >= 15 is 0 Å². The maximum Gasteiger partial charge on any atom is 0.238 e. The largest absolute Gasteiger partial charge is 0.497 e. The quantitative estimate of drug-likeness (QED) is 0.339. The Kier molecular flexibility index (Phi) is 7.90. The molecule has 0 radical (unpaired) electrons. The highest BCUT2D eigenvalue weighted by Gasteiger charge is 2.24. The van der Waals surface area contributed by atoms with Gasteiger partial charge in [0.1, 0.15) is 11.8 Å². The second kappa shape index (κ2) is 11.1. The van der Waals surface area contributed by atoms with Crippen molar-refractivity contribution < 1.29 is 9.53 Å². The van der Waals surface area contributed by atoms with Crippen LogP contribution in [0, 0.1) is 0 Å². The number of unbranched alkanes of at least 4 members (excludes halogenated alkanes) is 2. The molecule has 0 fully saturated rings. The van der Waals surface area contributed by atoms with Crippen LogP contribution in [0.25, 0.3) is 0 Å². The van der Waals surface area contributed by atoms with E-state index in [9.17, 15) is 4.79 Å². The van der Waals surface area contributed by atoms with Gasteiger partial charge in [0.15, 0.2) is 0 Å². The smallest absolute Gasteiger partial charge is 0.238 e. The number of hydrogen-bond acceptors (Lipinski definition) is 3. The highest BCUT2D eigenvalue weighted by Crippen LogP contribution is 2.32. The van der Waals surface area contributed by atoms with Gasteiger partial charge in [-0.3, -0.25) is 15.2 Å². The molecule has 156 valence electrons. The van der Waals surface area contributed by atoms with E-state index in [2.05, 4.69) is 36.6 Å². The number of rotatable bonds is 10. The minimum absolute atomic E-state index is 0.0294. The summed E-state index contributed by atoms with van der Waals surface area (Å²) >= 11 is 0. The van der Waals surface area contributed by atoms with E-state index in [1.165, 1.54) is 0 Å². The topological polar surface area (TPSA) is 41.6 Å². The van der Waals surface area contributed by atoms with Crippen molar-refractivity contribution in [2.75, 3.05) is 12.1 Å². The SMILES string of the molecule is CCCCCC(=O)NN(c1ccccc1)C(c1ccccc1)c1ccc(OC)cc1. The molecule has 0 aliphatic carbocycles. The number of nitrogens with one attached hydrogen (secondary N) is 1. The number of nitrogens with zero attached hydrogens (tertiary/aromatic N) is 1. The summed E-state index contributed by atoms with van der Waals surface area (Å²) < 4.78 is 5.34. The number of carbonyl (C=O) groups is 1. The van der Waals surface area contributed by atoms with Crippen molar-refractivity contribution in [3.05, 3.63) is 96.1 Å². The van der Waals surface area contributed by atoms with Crippen LogP contribution in [-0.2, 0) is 4.79 Å². The van der Waals surface area contributed by atoms with Gasteiger partial charge in [0.2, 0.25) is 5.91 Å². The van der Waals surface area contributed by atoms with Gasteiger partial charge in [0.05, 0.1) is 12.8 Å². The first kappa shape index (κ1) is 21.4. The molecule has 1 atom stereocenters. The Morgan fingerprint density at radius 3 is 2.07 bits per heavy atom. The number of hydrogen-bond donors (Lipinski definition) is 1. The molecule has 0 aliphatic rings. The molecule has 1 amide bonds. The fraction of sp³-hybridized carbons (Fsp3) is 0.269. The number of ether oxygens (including phenoxy) is 1. The van der Waals surface area contributed by atoms with Crippen LogP contribution in [0.3, 0.4) is 0 Å². The van der Waals surface area contributed by atoms with Crippen LogP contribution in [0.4, 0.5) is 5.69 Å². The van der Waals surface area contributed by atoms with E-state index in [0.717, 1.165) is 41.8 Å². The predicted octanol–water partition coefficient (Wildman–Crippen LogP) is 5.90. The molecule has 30 heavy (non-hydrogen) atoms. The molecular weight excluding hydrogens is 372 g/mol. The van der Waals surface area contributed by atoms with Crippen LogP contribution in [0.5, 0.6) is 5.75 Å². The molecule has 4 nitrogen and oxygen atoms in total. The lowest BCUT2D eigenvalue weighted by molar-refractivity contribution is -0.121. The summed E-state index contributed by atoms with van der Waals surface area (Å²) in [6.07, 6.45) is 3.55. The Labute approximate surface area is 179 Å². The number of hydrazine groups is 1. The third-order valence-electron chi connectivity index (χ3n) is 5.09. The van der Waals surface area contributed by atoms with Gasteiger partial charge in [0.25, 0.3) is 0 Å².